The highest BCUT2D eigenvalue weighted by atomic mass is 15.3. The molecule has 4 nitrogen and oxygen atoms in total. The van der Waals surface area contributed by atoms with Gasteiger partial charge in [0.1, 0.15) is 0 Å². The zero-order valence-electron chi connectivity index (χ0n) is 9.70. The Morgan fingerprint density at radius 1 is 1.50 bits per heavy atom. The number of nitrogens with zero attached hydrogens (tertiary/aromatic N) is 3. The highest BCUT2D eigenvalue weighted by Crippen LogP contribution is 2.19. The summed E-state index contributed by atoms with van der Waals surface area (Å²) in [5, 5.41) is 0. The summed E-state index contributed by atoms with van der Waals surface area (Å²) in [6.07, 6.45) is 0. The van der Waals surface area contributed by atoms with Gasteiger partial charge in [-0.15, -0.1) is 0 Å². The van der Waals surface area contributed by atoms with Crippen LogP contribution in [0.3, 0.4) is 0 Å². The average molecular weight is 198 g/mol. The number of nitrogens with two attached hydrogens (primary N) is 1. The molecule has 0 saturated carbocycles. The minimum absolute atomic E-state index is 0.598. The third-order valence-corrected chi connectivity index (χ3v) is 2.88. The molecule has 0 spiro atoms. The Morgan fingerprint density at radius 3 is 2.57 bits per heavy atom. The van der Waals surface area contributed by atoms with Gasteiger partial charge in [0.25, 0.3) is 0 Å². The highest BCUT2D eigenvalue weighted by molar-refractivity contribution is 5.78. The molecule has 1 rings (SSSR count). The molecule has 2 atom stereocenters. The predicted octanol–water partition coefficient (Wildman–Crippen LogP) is 0.203. The first-order valence-corrected chi connectivity index (χ1v) is 5.27. The second-order valence-corrected chi connectivity index (χ2v) is 4.25. The average Bonchev–Trinajstić information content (AvgIpc) is 2.48. The van der Waals surface area contributed by atoms with E-state index in [1.165, 1.54) is 0 Å². The topological polar surface area (TPSA) is 44.9 Å². The number of guanidine groups is 1. The molecule has 2 N–H and O–H groups in total. The highest BCUT2D eigenvalue weighted by Gasteiger charge is 2.31. The van der Waals surface area contributed by atoms with Gasteiger partial charge in [-0.25, -0.2) is 0 Å². The molecule has 0 amide bonds. The van der Waals surface area contributed by atoms with E-state index in [0.29, 0.717) is 17.9 Å². The van der Waals surface area contributed by atoms with E-state index in [9.17, 15) is 0 Å². The lowest BCUT2D eigenvalue weighted by Crippen LogP contribution is -2.38. The second kappa shape index (κ2) is 4.64. The summed E-state index contributed by atoms with van der Waals surface area (Å²) in [7, 11) is 4.25. The molecule has 0 aromatic rings. The fourth-order valence-electron chi connectivity index (χ4n) is 2.07. The van der Waals surface area contributed by atoms with Gasteiger partial charge in [-0.05, 0) is 26.9 Å². The lowest BCUT2D eigenvalue weighted by molar-refractivity contribution is 0.262. The van der Waals surface area contributed by atoms with Crippen LogP contribution >= 0.6 is 0 Å². The molecule has 4 heteroatoms. The maximum atomic E-state index is 5.87. The first-order chi connectivity index (χ1) is 6.56. The Morgan fingerprint density at radius 2 is 2.14 bits per heavy atom. The van der Waals surface area contributed by atoms with Gasteiger partial charge in [0.15, 0.2) is 5.96 Å². The zero-order valence-corrected chi connectivity index (χ0v) is 9.70. The molecule has 14 heavy (non-hydrogen) atoms. The van der Waals surface area contributed by atoms with Crippen LogP contribution in [0, 0.1) is 5.92 Å². The van der Waals surface area contributed by atoms with E-state index < -0.39 is 0 Å². The van der Waals surface area contributed by atoms with Gasteiger partial charge in [0.05, 0.1) is 0 Å². The van der Waals surface area contributed by atoms with E-state index in [-0.39, 0.29) is 0 Å². The Labute approximate surface area is 86.8 Å². The van der Waals surface area contributed by atoms with Crippen LogP contribution in [0.25, 0.3) is 0 Å². The summed E-state index contributed by atoms with van der Waals surface area (Å²) in [5.74, 6) is 1.36. The summed E-state index contributed by atoms with van der Waals surface area (Å²) in [4.78, 5) is 8.68. The zero-order chi connectivity index (χ0) is 10.7. The summed E-state index contributed by atoms with van der Waals surface area (Å²) in [6.45, 7) is 7.07. The maximum Gasteiger partial charge on any atom is 0.191 e. The van der Waals surface area contributed by atoms with E-state index >= 15 is 0 Å². The number of hydrogen-bond acceptors (Lipinski definition) is 2. The van der Waals surface area contributed by atoms with Crippen molar-refractivity contribution in [2.75, 3.05) is 33.7 Å². The monoisotopic (exact) mass is 198 g/mol. The number of likely N-dealkylation sites (N-methyl/N-ethyl adjacent to an activating group) is 1. The van der Waals surface area contributed by atoms with E-state index in [1.54, 1.807) is 0 Å². The molecule has 1 saturated heterocycles. The van der Waals surface area contributed by atoms with Crippen molar-refractivity contribution in [1.82, 2.24) is 9.80 Å². The van der Waals surface area contributed by atoms with Crippen LogP contribution in [-0.4, -0.2) is 55.5 Å². The first-order valence-electron chi connectivity index (χ1n) is 5.27. The van der Waals surface area contributed by atoms with E-state index in [0.717, 1.165) is 19.6 Å². The van der Waals surface area contributed by atoms with Crippen LogP contribution in [0.2, 0.25) is 0 Å². The van der Waals surface area contributed by atoms with Crippen molar-refractivity contribution in [3.63, 3.8) is 0 Å². The van der Waals surface area contributed by atoms with Crippen molar-refractivity contribution in [2.24, 2.45) is 16.6 Å². The summed E-state index contributed by atoms with van der Waals surface area (Å²) in [6, 6.07) is 0.598. The minimum Gasteiger partial charge on any atom is -0.370 e. The minimum atomic E-state index is 0.598. The third-order valence-electron chi connectivity index (χ3n) is 2.88. The predicted molar refractivity (Wildman–Crippen MR) is 60.4 cm³/mol. The molecule has 1 fully saturated rings. The van der Waals surface area contributed by atoms with Crippen molar-refractivity contribution >= 4 is 5.96 Å². The van der Waals surface area contributed by atoms with Gasteiger partial charge < -0.3 is 15.5 Å². The number of likely N-dealkylation sites (tertiary alicyclic amines) is 1. The molecule has 0 aromatic heterocycles. The van der Waals surface area contributed by atoms with Gasteiger partial charge in [-0.1, -0.05) is 6.92 Å². The smallest absolute Gasteiger partial charge is 0.191 e. The lowest BCUT2D eigenvalue weighted by Gasteiger charge is -2.22. The first kappa shape index (κ1) is 11.3. The van der Waals surface area contributed by atoms with Crippen molar-refractivity contribution in [2.45, 2.75) is 19.9 Å². The Kier molecular flexibility index (Phi) is 3.75. The molecular weight excluding hydrogens is 176 g/mol. The second-order valence-electron chi connectivity index (χ2n) is 4.25. The Hall–Kier alpha value is -0.770. The van der Waals surface area contributed by atoms with Crippen molar-refractivity contribution in [1.29, 1.82) is 0 Å². The van der Waals surface area contributed by atoms with Gasteiger partial charge >= 0.3 is 0 Å². The van der Waals surface area contributed by atoms with Crippen LogP contribution in [0.1, 0.15) is 13.8 Å². The largest absolute Gasteiger partial charge is 0.370 e. The standard InChI is InChI=1S/C10H22N4/c1-5-12-10(11)14-6-8(2)9(7-14)13(3)4/h8-9H,5-7H2,1-4H3,(H2,11,12). The fourth-order valence-corrected chi connectivity index (χ4v) is 2.07. The molecule has 2 unspecified atom stereocenters. The maximum absolute atomic E-state index is 5.87. The molecule has 0 bridgehead atoms. The number of hydrogen-bond donors (Lipinski definition) is 1. The quantitative estimate of drug-likeness (QED) is 0.509. The third kappa shape index (κ3) is 2.38. The Bertz CT molecular complexity index is 212. The van der Waals surface area contributed by atoms with Crippen molar-refractivity contribution in [3.8, 4) is 0 Å². The van der Waals surface area contributed by atoms with Crippen LogP contribution in [-0.2, 0) is 0 Å². The van der Waals surface area contributed by atoms with Gasteiger partial charge in [0.2, 0.25) is 0 Å². The summed E-state index contributed by atoms with van der Waals surface area (Å²) < 4.78 is 0. The molecular formula is C10H22N4. The molecule has 0 aliphatic carbocycles. The van der Waals surface area contributed by atoms with Crippen molar-refractivity contribution < 1.29 is 0 Å². The van der Waals surface area contributed by atoms with Crippen molar-refractivity contribution in [3.05, 3.63) is 0 Å². The molecule has 1 aliphatic rings. The fraction of sp³-hybridized carbons (Fsp3) is 0.900. The van der Waals surface area contributed by atoms with Gasteiger partial charge in [-0.3, -0.25) is 4.99 Å². The van der Waals surface area contributed by atoms with E-state index in [2.05, 4.69) is 35.8 Å². The van der Waals surface area contributed by atoms with Gasteiger partial charge in [0, 0.05) is 25.7 Å². The molecule has 1 heterocycles. The normalized spacial score (nSPS) is 28.9. The lowest BCUT2D eigenvalue weighted by atomic mass is 10.1. The molecule has 82 valence electrons. The Balaban J connectivity index is 2.58. The molecule has 0 aromatic carbocycles. The van der Waals surface area contributed by atoms with Crippen LogP contribution in [0.4, 0.5) is 0 Å². The molecule has 1 aliphatic heterocycles. The van der Waals surface area contributed by atoms with Crippen LogP contribution in [0.15, 0.2) is 4.99 Å². The summed E-state index contributed by atoms with van der Waals surface area (Å²) in [5.41, 5.74) is 5.87. The van der Waals surface area contributed by atoms with E-state index in [4.69, 9.17) is 5.73 Å². The van der Waals surface area contributed by atoms with Gasteiger partial charge in [-0.2, -0.15) is 0 Å². The number of aliphatic imine (C=N–C) groups is 1. The summed E-state index contributed by atoms with van der Waals surface area (Å²) >= 11 is 0. The van der Waals surface area contributed by atoms with E-state index in [1.807, 2.05) is 6.92 Å². The van der Waals surface area contributed by atoms with Crippen LogP contribution < -0.4 is 5.73 Å². The van der Waals surface area contributed by atoms with Crippen LogP contribution in [0.5, 0.6) is 0 Å². The number of rotatable bonds is 2. The molecule has 0 radical (unpaired) electrons. The SMILES string of the molecule is CCN=C(N)N1CC(C)C(N(C)C)C1.